The Balaban J connectivity index is 1.62. The third kappa shape index (κ3) is 1.44. The first-order valence-electron chi connectivity index (χ1n) is 6.74. The number of hydrogen-bond donors (Lipinski definition) is 0. The molecule has 0 N–H and O–H groups in total. The molecule has 4 heteroatoms. The van der Waals surface area contributed by atoms with Crippen LogP contribution in [0.2, 0.25) is 0 Å². The van der Waals surface area contributed by atoms with Crippen molar-refractivity contribution in [1.82, 2.24) is 5.06 Å². The molecule has 4 atom stereocenters. The minimum absolute atomic E-state index is 0.108. The number of hydrogen-bond acceptors (Lipinski definition) is 4. The Morgan fingerprint density at radius 3 is 2.71 bits per heavy atom. The van der Waals surface area contributed by atoms with E-state index in [1.165, 1.54) is 12.8 Å². The van der Waals surface area contributed by atoms with Gasteiger partial charge in [-0.2, -0.15) is 5.06 Å². The summed E-state index contributed by atoms with van der Waals surface area (Å²) in [7, 11) is 0. The van der Waals surface area contributed by atoms with Crippen molar-refractivity contribution in [3.05, 3.63) is 0 Å². The predicted molar refractivity (Wildman–Crippen MR) is 61.4 cm³/mol. The SMILES string of the molecule is CC(C)(C)O[C@@H]1[C@H]2[C@H]3CO[C@@H]1CN2OC31CC1. The second-order valence-electron chi connectivity index (χ2n) is 6.92. The maximum atomic E-state index is 6.22. The fourth-order valence-electron chi connectivity index (χ4n) is 3.69. The van der Waals surface area contributed by atoms with Crippen LogP contribution in [0, 0.1) is 5.92 Å². The molecule has 2 bridgehead atoms. The smallest absolute Gasteiger partial charge is 0.104 e. The van der Waals surface area contributed by atoms with Gasteiger partial charge in [0, 0.05) is 5.92 Å². The van der Waals surface area contributed by atoms with Gasteiger partial charge in [-0.3, -0.25) is 4.84 Å². The summed E-state index contributed by atoms with van der Waals surface area (Å²) in [4.78, 5) is 6.14. The van der Waals surface area contributed by atoms with Crippen LogP contribution in [0.1, 0.15) is 33.6 Å². The second kappa shape index (κ2) is 3.05. The summed E-state index contributed by atoms with van der Waals surface area (Å²) in [6.07, 6.45) is 2.78. The highest BCUT2D eigenvalue weighted by Gasteiger charge is 2.69. The molecule has 0 unspecified atom stereocenters. The van der Waals surface area contributed by atoms with E-state index in [-0.39, 0.29) is 23.4 Å². The van der Waals surface area contributed by atoms with Gasteiger partial charge in [0.1, 0.15) is 12.2 Å². The fourth-order valence-corrected chi connectivity index (χ4v) is 3.69. The van der Waals surface area contributed by atoms with Gasteiger partial charge in [-0.05, 0) is 33.6 Å². The van der Waals surface area contributed by atoms with E-state index in [0.717, 1.165) is 13.2 Å². The van der Waals surface area contributed by atoms with E-state index in [9.17, 15) is 0 Å². The molecule has 96 valence electrons. The molecule has 0 aromatic carbocycles. The first kappa shape index (κ1) is 10.7. The highest BCUT2D eigenvalue weighted by atomic mass is 16.7. The number of hydroxylamine groups is 2. The van der Waals surface area contributed by atoms with Gasteiger partial charge < -0.3 is 9.47 Å². The van der Waals surface area contributed by atoms with Crippen LogP contribution in [-0.4, -0.2) is 47.7 Å². The summed E-state index contributed by atoms with van der Waals surface area (Å²) >= 11 is 0. The van der Waals surface area contributed by atoms with Crippen molar-refractivity contribution in [1.29, 1.82) is 0 Å². The van der Waals surface area contributed by atoms with Crippen LogP contribution in [-0.2, 0) is 14.3 Å². The number of fused-ring (bicyclic) bond motifs is 2. The number of rotatable bonds is 1. The van der Waals surface area contributed by atoms with Gasteiger partial charge in [-0.25, -0.2) is 0 Å². The number of ether oxygens (including phenoxy) is 2. The highest BCUT2D eigenvalue weighted by Crippen LogP contribution is 2.58. The Morgan fingerprint density at radius 2 is 2.06 bits per heavy atom. The average molecular weight is 239 g/mol. The van der Waals surface area contributed by atoms with E-state index >= 15 is 0 Å². The molecule has 17 heavy (non-hydrogen) atoms. The lowest BCUT2D eigenvalue weighted by Crippen LogP contribution is -2.50. The summed E-state index contributed by atoms with van der Waals surface area (Å²) in [6.45, 7) is 8.09. The normalized spacial score (nSPS) is 46.8. The summed E-state index contributed by atoms with van der Waals surface area (Å²) in [6, 6.07) is 0.426. The van der Waals surface area contributed by atoms with Gasteiger partial charge in [-0.15, -0.1) is 0 Å². The monoisotopic (exact) mass is 239 g/mol. The minimum atomic E-state index is -0.108. The lowest BCUT2D eigenvalue weighted by Gasteiger charge is -2.38. The molecule has 0 amide bonds. The molecule has 4 nitrogen and oxygen atoms in total. The molecule has 1 aliphatic carbocycles. The predicted octanol–water partition coefficient (Wildman–Crippen LogP) is 1.35. The van der Waals surface area contributed by atoms with E-state index in [2.05, 4.69) is 25.8 Å². The molecule has 4 rings (SSSR count). The van der Waals surface area contributed by atoms with Crippen molar-refractivity contribution in [2.24, 2.45) is 5.92 Å². The Hall–Kier alpha value is -0.160. The Kier molecular flexibility index (Phi) is 1.92. The molecular formula is C13H21NO3. The van der Waals surface area contributed by atoms with Crippen LogP contribution >= 0.6 is 0 Å². The molecule has 1 spiro atoms. The zero-order valence-corrected chi connectivity index (χ0v) is 10.8. The second-order valence-corrected chi connectivity index (χ2v) is 6.92. The van der Waals surface area contributed by atoms with Crippen molar-refractivity contribution >= 4 is 0 Å². The molecule has 3 aliphatic heterocycles. The average Bonchev–Trinajstić information content (AvgIpc) is 2.83. The lowest BCUT2D eigenvalue weighted by atomic mass is 9.88. The first-order chi connectivity index (χ1) is 7.99. The van der Waals surface area contributed by atoms with Gasteiger partial charge in [0.05, 0.1) is 30.4 Å². The van der Waals surface area contributed by atoms with Crippen LogP contribution in [0.5, 0.6) is 0 Å². The molecule has 4 aliphatic rings. The Labute approximate surface area is 102 Å². The van der Waals surface area contributed by atoms with Crippen LogP contribution in [0.25, 0.3) is 0 Å². The van der Waals surface area contributed by atoms with Gasteiger partial charge in [-0.1, -0.05) is 0 Å². The zero-order chi connectivity index (χ0) is 11.8. The van der Waals surface area contributed by atoms with Crippen molar-refractivity contribution in [3.63, 3.8) is 0 Å². The van der Waals surface area contributed by atoms with Crippen LogP contribution in [0.15, 0.2) is 0 Å². The summed E-state index contributed by atoms with van der Waals surface area (Å²) in [5, 5.41) is 2.16. The zero-order valence-electron chi connectivity index (χ0n) is 10.8. The topological polar surface area (TPSA) is 30.9 Å². The minimum Gasteiger partial charge on any atom is -0.374 e. The van der Waals surface area contributed by atoms with E-state index < -0.39 is 0 Å². The Morgan fingerprint density at radius 1 is 1.29 bits per heavy atom. The Bertz CT molecular complexity index is 347. The van der Waals surface area contributed by atoms with Crippen LogP contribution in [0.4, 0.5) is 0 Å². The molecule has 0 aromatic rings. The maximum absolute atomic E-state index is 6.22. The standard InChI is InChI=1S/C13H21NO3/c1-12(2,3)16-11-9-6-14-10(11)8(7-15-9)13(17-14)4-5-13/h8-11H,4-7H2,1-3H3/t8-,9-,10-,11+/m1/s1. The van der Waals surface area contributed by atoms with Gasteiger partial charge in [0.15, 0.2) is 0 Å². The molecule has 0 radical (unpaired) electrons. The molecular weight excluding hydrogens is 218 g/mol. The fraction of sp³-hybridized carbons (Fsp3) is 1.00. The highest BCUT2D eigenvalue weighted by molar-refractivity contribution is 5.16. The van der Waals surface area contributed by atoms with E-state index in [0.29, 0.717) is 12.0 Å². The molecule has 0 aromatic heterocycles. The largest absolute Gasteiger partial charge is 0.374 e. The molecule has 3 heterocycles. The van der Waals surface area contributed by atoms with Crippen LogP contribution < -0.4 is 0 Å². The van der Waals surface area contributed by atoms with Crippen molar-refractivity contribution in [2.75, 3.05) is 13.2 Å². The van der Waals surface area contributed by atoms with Crippen molar-refractivity contribution in [2.45, 2.75) is 63.1 Å². The molecule has 1 saturated carbocycles. The third-order valence-electron chi connectivity index (χ3n) is 4.50. The maximum Gasteiger partial charge on any atom is 0.104 e. The van der Waals surface area contributed by atoms with Crippen molar-refractivity contribution < 1.29 is 14.3 Å². The summed E-state index contributed by atoms with van der Waals surface area (Å²) in [5.41, 5.74) is 0.0129. The van der Waals surface area contributed by atoms with E-state index in [1.807, 2.05) is 0 Å². The quantitative estimate of drug-likeness (QED) is 0.691. The summed E-state index contributed by atoms with van der Waals surface area (Å²) in [5.74, 6) is 0.522. The third-order valence-corrected chi connectivity index (χ3v) is 4.50. The summed E-state index contributed by atoms with van der Waals surface area (Å²) < 4.78 is 12.2. The molecule has 4 fully saturated rings. The van der Waals surface area contributed by atoms with E-state index in [4.69, 9.17) is 14.3 Å². The molecule has 3 saturated heterocycles. The van der Waals surface area contributed by atoms with Gasteiger partial charge in [0.25, 0.3) is 0 Å². The number of nitrogens with zero attached hydrogens (tertiary/aromatic N) is 1. The van der Waals surface area contributed by atoms with Crippen LogP contribution in [0.3, 0.4) is 0 Å². The lowest BCUT2D eigenvalue weighted by molar-refractivity contribution is -0.176. The first-order valence-corrected chi connectivity index (χ1v) is 6.74. The van der Waals surface area contributed by atoms with Crippen molar-refractivity contribution in [3.8, 4) is 0 Å². The van der Waals surface area contributed by atoms with E-state index in [1.54, 1.807) is 0 Å². The van der Waals surface area contributed by atoms with Gasteiger partial charge in [0.2, 0.25) is 0 Å². The van der Waals surface area contributed by atoms with Gasteiger partial charge >= 0.3 is 0 Å².